The second-order valence-electron chi connectivity index (χ2n) is 5.56. The predicted molar refractivity (Wildman–Crippen MR) is 71.9 cm³/mol. The molecule has 2 N–H and O–H groups in total. The van der Waals surface area contributed by atoms with Crippen molar-refractivity contribution in [1.82, 2.24) is 15.1 Å². The lowest BCUT2D eigenvalue weighted by Crippen LogP contribution is -2.60. The van der Waals surface area contributed by atoms with Gasteiger partial charge in [0.2, 0.25) is 5.91 Å². The molecule has 3 unspecified atom stereocenters. The van der Waals surface area contributed by atoms with E-state index in [-0.39, 0.29) is 24.1 Å². The third-order valence-electron chi connectivity index (χ3n) is 3.80. The van der Waals surface area contributed by atoms with Gasteiger partial charge in [-0.1, -0.05) is 0 Å². The molecule has 2 rings (SSSR count). The highest BCUT2D eigenvalue weighted by Gasteiger charge is 2.31. The maximum absolute atomic E-state index is 12.3. The Morgan fingerprint density at radius 3 is 2.89 bits per heavy atom. The molecule has 2 heterocycles. The van der Waals surface area contributed by atoms with Crippen LogP contribution < -0.4 is 5.32 Å². The van der Waals surface area contributed by atoms with Crippen molar-refractivity contribution in [2.75, 3.05) is 45.9 Å². The molecule has 0 saturated carbocycles. The largest absolute Gasteiger partial charge is 0.392 e. The summed E-state index contributed by atoms with van der Waals surface area (Å²) in [5.41, 5.74) is 0. The van der Waals surface area contributed by atoms with Crippen LogP contribution in [-0.2, 0) is 9.53 Å². The van der Waals surface area contributed by atoms with Crippen LogP contribution >= 0.6 is 0 Å². The summed E-state index contributed by atoms with van der Waals surface area (Å²) in [6, 6.07) is 0.0982. The number of nitrogens with one attached hydrogen (secondary N) is 1. The molecule has 2 aliphatic heterocycles. The van der Waals surface area contributed by atoms with Gasteiger partial charge in [0, 0.05) is 38.8 Å². The number of nitrogens with zero attached hydrogens (tertiary/aromatic N) is 2. The van der Waals surface area contributed by atoms with Crippen LogP contribution in [0.25, 0.3) is 0 Å². The molecule has 19 heavy (non-hydrogen) atoms. The molecule has 6 nitrogen and oxygen atoms in total. The van der Waals surface area contributed by atoms with Gasteiger partial charge in [-0.25, -0.2) is 0 Å². The first-order chi connectivity index (χ1) is 9.08. The van der Waals surface area contributed by atoms with Crippen molar-refractivity contribution in [3.63, 3.8) is 0 Å². The molecule has 0 aromatic heterocycles. The minimum Gasteiger partial charge on any atom is -0.392 e. The molecular formula is C13H25N3O3. The molecular weight excluding hydrogens is 246 g/mol. The highest BCUT2D eigenvalue weighted by Crippen LogP contribution is 2.12. The van der Waals surface area contributed by atoms with E-state index in [1.165, 1.54) is 0 Å². The Kier molecular flexibility index (Phi) is 5.15. The number of carbonyl (C=O) groups is 1. The predicted octanol–water partition coefficient (Wildman–Crippen LogP) is -1.11. The number of ether oxygens (including phenoxy) is 1. The molecule has 2 fully saturated rings. The monoisotopic (exact) mass is 271 g/mol. The summed E-state index contributed by atoms with van der Waals surface area (Å²) in [4.78, 5) is 16.5. The summed E-state index contributed by atoms with van der Waals surface area (Å²) >= 11 is 0. The van der Waals surface area contributed by atoms with Crippen molar-refractivity contribution in [1.29, 1.82) is 0 Å². The smallest absolute Gasteiger partial charge is 0.242 e. The fourth-order valence-corrected chi connectivity index (χ4v) is 2.75. The first-order valence-corrected chi connectivity index (χ1v) is 7.10. The van der Waals surface area contributed by atoms with Gasteiger partial charge in [-0.3, -0.25) is 9.69 Å². The van der Waals surface area contributed by atoms with Gasteiger partial charge in [0.1, 0.15) is 6.04 Å². The van der Waals surface area contributed by atoms with Gasteiger partial charge < -0.3 is 20.1 Å². The maximum atomic E-state index is 12.3. The van der Waals surface area contributed by atoms with Gasteiger partial charge in [-0.05, 0) is 13.8 Å². The first-order valence-electron chi connectivity index (χ1n) is 7.10. The molecule has 1 amide bonds. The molecule has 110 valence electrons. The summed E-state index contributed by atoms with van der Waals surface area (Å²) in [7, 11) is 0. The highest BCUT2D eigenvalue weighted by atomic mass is 16.5. The number of morpholine rings is 1. The van der Waals surface area contributed by atoms with E-state index >= 15 is 0 Å². The fourth-order valence-electron chi connectivity index (χ4n) is 2.75. The number of aliphatic hydroxyl groups excluding tert-OH is 1. The van der Waals surface area contributed by atoms with Crippen LogP contribution in [0.15, 0.2) is 0 Å². The number of carbonyl (C=O) groups excluding carboxylic acids is 1. The Labute approximate surface area is 114 Å². The molecule has 2 aliphatic rings. The van der Waals surface area contributed by atoms with E-state index in [0.29, 0.717) is 19.8 Å². The Morgan fingerprint density at radius 2 is 2.32 bits per heavy atom. The number of hydrogen-bond acceptors (Lipinski definition) is 5. The highest BCUT2D eigenvalue weighted by molar-refractivity contribution is 5.82. The van der Waals surface area contributed by atoms with Crippen molar-refractivity contribution in [2.45, 2.75) is 32.0 Å². The molecule has 0 aliphatic carbocycles. The van der Waals surface area contributed by atoms with E-state index in [1.54, 1.807) is 6.92 Å². The van der Waals surface area contributed by atoms with E-state index in [9.17, 15) is 9.90 Å². The molecule has 0 bridgehead atoms. The summed E-state index contributed by atoms with van der Waals surface area (Å²) in [5, 5.41) is 12.7. The lowest BCUT2D eigenvalue weighted by Gasteiger charge is -2.41. The second-order valence-corrected chi connectivity index (χ2v) is 5.56. The SMILES string of the molecule is CC(O)CN1CCN(C(=O)C2COCCN2)CC1C. The van der Waals surface area contributed by atoms with Crippen molar-refractivity contribution >= 4 is 5.91 Å². The molecule has 2 saturated heterocycles. The minimum atomic E-state index is -0.321. The summed E-state index contributed by atoms with van der Waals surface area (Å²) in [5.74, 6) is 0.142. The molecule has 6 heteroatoms. The van der Waals surface area contributed by atoms with E-state index in [2.05, 4.69) is 17.1 Å². The zero-order valence-electron chi connectivity index (χ0n) is 11.8. The van der Waals surface area contributed by atoms with Crippen molar-refractivity contribution < 1.29 is 14.6 Å². The first kappa shape index (κ1) is 14.7. The normalized spacial score (nSPS) is 31.2. The van der Waals surface area contributed by atoms with Gasteiger partial charge in [0.15, 0.2) is 0 Å². The number of aliphatic hydroxyl groups is 1. The lowest BCUT2D eigenvalue weighted by atomic mass is 10.1. The molecule has 3 atom stereocenters. The average molecular weight is 271 g/mol. The number of hydrogen-bond donors (Lipinski definition) is 2. The minimum absolute atomic E-state index is 0.142. The van der Waals surface area contributed by atoms with Crippen molar-refractivity contribution in [2.24, 2.45) is 0 Å². The average Bonchev–Trinajstić information content (AvgIpc) is 2.41. The van der Waals surface area contributed by atoms with Crippen LogP contribution in [0, 0.1) is 0 Å². The summed E-state index contributed by atoms with van der Waals surface area (Å²) in [6.07, 6.45) is -0.321. The standard InChI is InChI=1S/C13H25N3O3/c1-10-7-16(5-4-15(10)8-11(2)17)13(18)12-9-19-6-3-14-12/h10-12,14,17H,3-9H2,1-2H3. The van der Waals surface area contributed by atoms with E-state index in [0.717, 1.165) is 26.2 Å². The third-order valence-corrected chi connectivity index (χ3v) is 3.80. The van der Waals surface area contributed by atoms with E-state index < -0.39 is 0 Å². The molecule has 0 aromatic carbocycles. The van der Waals surface area contributed by atoms with Gasteiger partial charge in [0.05, 0.1) is 19.3 Å². The van der Waals surface area contributed by atoms with Crippen molar-refractivity contribution in [3.8, 4) is 0 Å². The summed E-state index contributed by atoms with van der Waals surface area (Å²) in [6.45, 7) is 8.76. The molecule has 0 spiro atoms. The number of amides is 1. The van der Waals surface area contributed by atoms with Gasteiger partial charge in [-0.2, -0.15) is 0 Å². The Morgan fingerprint density at radius 1 is 1.53 bits per heavy atom. The van der Waals surface area contributed by atoms with Crippen LogP contribution in [0.2, 0.25) is 0 Å². The van der Waals surface area contributed by atoms with Crippen LogP contribution in [0.1, 0.15) is 13.8 Å². The van der Waals surface area contributed by atoms with Crippen LogP contribution in [0.3, 0.4) is 0 Å². The number of piperazine rings is 1. The fraction of sp³-hybridized carbons (Fsp3) is 0.923. The zero-order valence-corrected chi connectivity index (χ0v) is 11.8. The lowest BCUT2D eigenvalue weighted by molar-refractivity contribution is -0.139. The van der Waals surface area contributed by atoms with Crippen molar-refractivity contribution in [3.05, 3.63) is 0 Å². The van der Waals surface area contributed by atoms with E-state index in [4.69, 9.17) is 4.74 Å². The quantitative estimate of drug-likeness (QED) is 0.681. The second kappa shape index (κ2) is 6.65. The Balaban J connectivity index is 1.85. The van der Waals surface area contributed by atoms with Crippen LogP contribution in [-0.4, -0.2) is 84.9 Å². The molecule has 0 aromatic rings. The topological polar surface area (TPSA) is 65.0 Å². The Hall–Kier alpha value is -0.690. The number of rotatable bonds is 3. The third kappa shape index (κ3) is 3.89. The zero-order chi connectivity index (χ0) is 13.8. The summed E-state index contributed by atoms with van der Waals surface area (Å²) < 4.78 is 5.34. The van der Waals surface area contributed by atoms with Gasteiger partial charge in [0.25, 0.3) is 0 Å². The number of β-amino-alcohol motifs (C(OH)–C–C–N with tert-alkyl or cyclic N) is 1. The molecule has 0 radical (unpaired) electrons. The maximum Gasteiger partial charge on any atom is 0.242 e. The van der Waals surface area contributed by atoms with Crippen LogP contribution in [0.5, 0.6) is 0 Å². The van der Waals surface area contributed by atoms with Gasteiger partial charge in [-0.15, -0.1) is 0 Å². The van der Waals surface area contributed by atoms with Crippen LogP contribution in [0.4, 0.5) is 0 Å². The van der Waals surface area contributed by atoms with E-state index in [1.807, 2.05) is 4.90 Å². The van der Waals surface area contributed by atoms with Gasteiger partial charge >= 0.3 is 0 Å². The Bertz CT molecular complexity index is 306.